The largest absolute Gasteiger partial charge is 0.375 e. The summed E-state index contributed by atoms with van der Waals surface area (Å²) in [4.78, 5) is 15.4. The zero-order chi connectivity index (χ0) is 13.3. The summed E-state index contributed by atoms with van der Waals surface area (Å²) >= 11 is 1.43. The Morgan fingerprint density at radius 3 is 2.39 bits per heavy atom. The van der Waals surface area contributed by atoms with Crippen molar-refractivity contribution in [3.05, 3.63) is 28.6 Å². The van der Waals surface area contributed by atoms with Gasteiger partial charge in [-0.1, -0.05) is 0 Å². The van der Waals surface area contributed by atoms with E-state index in [4.69, 9.17) is 5.73 Å². The number of carbonyl (C=O) groups excluding carboxylic acids is 1. The first-order valence-corrected chi connectivity index (χ1v) is 6.45. The Labute approximate surface area is 110 Å². The number of carbonyl (C=O) groups is 1. The number of amides is 1. The van der Waals surface area contributed by atoms with Crippen molar-refractivity contribution in [3.8, 4) is 11.3 Å². The molecule has 0 saturated carbocycles. The molecule has 0 unspecified atom stereocenters. The number of benzene rings is 1. The van der Waals surface area contributed by atoms with Crippen molar-refractivity contribution >= 4 is 28.1 Å². The van der Waals surface area contributed by atoms with E-state index in [1.54, 1.807) is 0 Å². The van der Waals surface area contributed by atoms with Crippen LogP contribution in [0.1, 0.15) is 18.1 Å². The second kappa shape index (κ2) is 4.78. The maximum atomic E-state index is 11.1. The lowest BCUT2D eigenvalue weighted by Crippen LogP contribution is -2.06. The van der Waals surface area contributed by atoms with Gasteiger partial charge >= 0.3 is 0 Å². The van der Waals surface area contributed by atoms with Crippen LogP contribution >= 0.6 is 11.3 Å². The fourth-order valence-corrected chi connectivity index (χ4v) is 2.60. The molecule has 0 atom stereocenters. The summed E-state index contributed by atoms with van der Waals surface area (Å²) < 4.78 is 0. The smallest absolute Gasteiger partial charge is 0.221 e. The van der Waals surface area contributed by atoms with Gasteiger partial charge in [-0.05, 0) is 37.1 Å². The average molecular weight is 261 g/mol. The minimum atomic E-state index is -0.0700. The molecule has 3 N–H and O–H groups in total. The number of nitrogens with zero attached hydrogens (tertiary/aromatic N) is 1. The third-order valence-electron chi connectivity index (χ3n) is 2.63. The molecule has 0 radical (unpaired) electrons. The topological polar surface area (TPSA) is 68.0 Å². The number of nitrogens with one attached hydrogen (secondary N) is 1. The highest BCUT2D eigenvalue weighted by atomic mass is 32.1. The van der Waals surface area contributed by atoms with Gasteiger partial charge in [0, 0.05) is 23.6 Å². The van der Waals surface area contributed by atoms with Gasteiger partial charge in [-0.2, -0.15) is 0 Å². The van der Waals surface area contributed by atoms with Crippen LogP contribution in [0.5, 0.6) is 0 Å². The molecule has 18 heavy (non-hydrogen) atoms. The molecule has 0 saturated heterocycles. The number of anilines is 2. The molecule has 0 bridgehead atoms. The highest BCUT2D eigenvalue weighted by molar-refractivity contribution is 7.13. The third-order valence-corrected chi connectivity index (χ3v) is 3.31. The molecule has 0 spiro atoms. The highest BCUT2D eigenvalue weighted by Crippen LogP contribution is 2.31. The summed E-state index contributed by atoms with van der Waals surface area (Å²) in [5.74, 6) is -0.0700. The first-order chi connectivity index (χ1) is 8.47. The van der Waals surface area contributed by atoms with Gasteiger partial charge in [0.15, 0.2) is 5.13 Å². The number of hydrogen-bond donors (Lipinski definition) is 2. The predicted octanol–water partition coefficient (Wildman–Crippen LogP) is 2.97. The van der Waals surface area contributed by atoms with Crippen molar-refractivity contribution in [2.24, 2.45) is 0 Å². The molecule has 1 aromatic heterocycles. The van der Waals surface area contributed by atoms with Crippen molar-refractivity contribution < 1.29 is 4.79 Å². The number of nitrogens with two attached hydrogens (primary N) is 1. The Bertz CT molecular complexity index is 581. The number of thiazole rings is 1. The average Bonchev–Trinajstić information content (AvgIpc) is 2.62. The maximum Gasteiger partial charge on any atom is 0.221 e. The van der Waals surface area contributed by atoms with E-state index < -0.39 is 0 Å². The first kappa shape index (κ1) is 12.6. The van der Waals surface area contributed by atoms with E-state index in [9.17, 15) is 4.79 Å². The number of aryl methyl sites for hydroxylation is 2. The zero-order valence-electron chi connectivity index (χ0n) is 10.6. The Kier molecular flexibility index (Phi) is 3.34. The number of aromatic nitrogens is 1. The van der Waals surface area contributed by atoms with Crippen molar-refractivity contribution in [3.63, 3.8) is 0 Å². The SMILES string of the molecule is CC(=O)Nc1cc(C)c(-c2csc(N)n2)c(C)c1. The molecule has 1 heterocycles. The van der Waals surface area contributed by atoms with E-state index >= 15 is 0 Å². The Hall–Kier alpha value is -1.88. The third kappa shape index (κ3) is 2.51. The minimum absolute atomic E-state index is 0.0700. The van der Waals surface area contributed by atoms with Crippen molar-refractivity contribution in [1.82, 2.24) is 4.98 Å². The van der Waals surface area contributed by atoms with Gasteiger partial charge < -0.3 is 11.1 Å². The zero-order valence-corrected chi connectivity index (χ0v) is 11.4. The van der Waals surface area contributed by atoms with Gasteiger partial charge in [0.05, 0.1) is 5.69 Å². The summed E-state index contributed by atoms with van der Waals surface area (Å²) in [7, 11) is 0. The summed E-state index contributed by atoms with van der Waals surface area (Å²) in [6.45, 7) is 5.51. The monoisotopic (exact) mass is 261 g/mol. The second-order valence-electron chi connectivity index (χ2n) is 4.24. The molecule has 2 aromatic rings. The highest BCUT2D eigenvalue weighted by Gasteiger charge is 2.11. The minimum Gasteiger partial charge on any atom is -0.375 e. The van der Waals surface area contributed by atoms with Gasteiger partial charge in [0.1, 0.15) is 0 Å². The Balaban J connectivity index is 2.47. The second-order valence-corrected chi connectivity index (χ2v) is 5.13. The molecular formula is C13H15N3OS. The van der Waals surface area contributed by atoms with E-state index in [0.29, 0.717) is 5.13 Å². The van der Waals surface area contributed by atoms with Crippen LogP contribution in [0.25, 0.3) is 11.3 Å². The first-order valence-electron chi connectivity index (χ1n) is 5.57. The van der Waals surface area contributed by atoms with Crippen molar-refractivity contribution in [2.75, 3.05) is 11.1 Å². The summed E-state index contributed by atoms with van der Waals surface area (Å²) in [6, 6.07) is 3.89. The lowest BCUT2D eigenvalue weighted by molar-refractivity contribution is -0.114. The Morgan fingerprint density at radius 1 is 1.33 bits per heavy atom. The van der Waals surface area contributed by atoms with Crippen LogP contribution in [0, 0.1) is 13.8 Å². The van der Waals surface area contributed by atoms with Crippen LogP contribution in [-0.4, -0.2) is 10.9 Å². The van der Waals surface area contributed by atoms with E-state index in [-0.39, 0.29) is 5.91 Å². The molecule has 0 aliphatic rings. The summed E-state index contributed by atoms with van der Waals surface area (Å²) in [5, 5.41) is 5.30. The van der Waals surface area contributed by atoms with Gasteiger partial charge in [-0.3, -0.25) is 4.79 Å². The number of hydrogen-bond acceptors (Lipinski definition) is 4. The predicted molar refractivity (Wildman–Crippen MR) is 75.7 cm³/mol. The number of rotatable bonds is 2. The molecule has 5 heteroatoms. The van der Waals surface area contributed by atoms with Gasteiger partial charge in [-0.15, -0.1) is 11.3 Å². The fourth-order valence-electron chi connectivity index (χ4n) is 2.05. The van der Waals surface area contributed by atoms with E-state index in [2.05, 4.69) is 10.3 Å². The molecule has 94 valence electrons. The molecule has 0 aliphatic heterocycles. The fraction of sp³-hybridized carbons (Fsp3) is 0.231. The number of nitrogen functional groups attached to an aromatic ring is 1. The van der Waals surface area contributed by atoms with Crippen LogP contribution in [0.15, 0.2) is 17.5 Å². The van der Waals surface area contributed by atoms with Crippen LogP contribution in [0.4, 0.5) is 10.8 Å². The summed E-state index contributed by atoms with van der Waals surface area (Å²) in [6.07, 6.45) is 0. The van der Waals surface area contributed by atoms with Crippen LogP contribution < -0.4 is 11.1 Å². The molecule has 4 nitrogen and oxygen atoms in total. The van der Waals surface area contributed by atoms with Crippen molar-refractivity contribution in [2.45, 2.75) is 20.8 Å². The summed E-state index contributed by atoms with van der Waals surface area (Å²) in [5.41, 5.74) is 10.6. The van der Waals surface area contributed by atoms with Crippen LogP contribution in [0.2, 0.25) is 0 Å². The van der Waals surface area contributed by atoms with Gasteiger partial charge in [0.2, 0.25) is 5.91 Å². The van der Waals surface area contributed by atoms with Crippen LogP contribution in [0.3, 0.4) is 0 Å². The molecule has 2 rings (SSSR count). The normalized spacial score (nSPS) is 10.4. The quantitative estimate of drug-likeness (QED) is 0.873. The maximum absolute atomic E-state index is 11.1. The van der Waals surface area contributed by atoms with Gasteiger partial charge in [-0.25, -0.2) is 4.98 Å². The molecular weight excluding hydrogens is 246 g/mol. The molecule has 0 fully saturated rings. The van der Waals surface area contributed by atoms with Crippen LogP contribution in [-0.2, 0) is 4.79 Å². The van der Waals surface area contributed by atoms with E-state index in [1.807, 2.05) is 31.4 Å². The molecule has 0 aliphatic carbocycles. The Morgan fingerprint density at radius 2 is 1.94 bits per heavy atom. The molecule has 1 amide bonds. The van der Waals surface area contributed by atoms with E-state index in [0.717, 1.165) is 28.1 Å². The lowest BCUT2D eigenvalue weighted by Gasteiger charge is -2.11. The van der Waals surface area contributed by atoms with Gasteiger partial charge in [0.25, 0.3) is 0 Å². The lowest BCUT2D eigenvalue weighted by atomic mass is 9.99. The van der Waals surface area contributed by atoms with E-state index in [1.165, 1.54) is 18.3 Å². The van der Waals surface area contributed by atoms with Crippen molar-refractivity contribution in [1.29, 1.82) is 0 Å². The standard InChI is InChI=1S/C13H15N3OS/c1-7-4-10(15-9(3)17)5-8(2)12(7)11-6-18-13(14)16-11/h4-6H,1-3H3,(H2,14,16)(H,15,17). The molecule has 1 aromatic carbocycles.